The Hall–Kier alpha value is -3.89. The maximum Gasteiger partial charge on any atom is 0.263 e. The van der Waals surface area contributed by atoms with Gasteiger partial charge in [0.15, 0.2) is 6.10 Å². The van der Waals surface area contributed by atoms with E-state index < -0.39 is 34.5 Å². The molecule has 0 spiro atoms. The predicted molar refractivity (Wildman–Crippen MR) is 162 cm³/mol. The number of amides is 2. The second-order valence-electron chi connectivity index (χ2n) is 9.60. The third-order valence-corrected chi connectivity index (χ3v) is 9.12. The maximum atomic E-state index is 13.9. The minimum absolute atomic E-state index is 0.0310. The molecule has 0 unspecified atom stereocenters. The van der Waals surface area contributed by atoms with Crippen LogP contribution in [0.1, 0.15) is 11.1 Å². The lowest BCUT2D eigenvalue weighted by molar-refractivity contribution is -0.128. The molecule has 5 rings (SSSR count). The highest BCUT2D eigenvalue weighted by Crippen LogP contribution is 2.34. The third-order valence-electron chi connectivity index (χ3n) is 6.73. The van der Waals surface area contributed by atoms with E-state index in [0.29, 0.717) is 28.6 Å². The second kappa shape index (κ2) is 13.0. The second-order valence-corrected chi connectivity index (χ2v) is 12.4. The van der Waals surface area contributed by atoms with Gasteiger partial charge < -0.3 is 15.0 Å². The van der Waals surface area contributed by atoms with Crippen LogP contribution >= 0.6 is 23.2 Å². The van der Waals surface area contributed by atoms with Gasteiger partial charge in [-0.25, -0.2) is 8.42 Å². The van der Waals surface area contributed by atoms with Crippen molar-refractivity contribution in [1.82, 2.24) is 9.62 Å². The monoisotopic (exact) mass is 623 g/mol. The van der Waals surface area contributed by atoms with Crippen LogP contribution in [-0.4, -0.2) is 43.7 Å². The van der Waals surface area contributed by atoms with Crippen molar-refractivity contribution < 1.29 is 22.7 Å². The Morgan fingerprint density at radius 3 is 2.29 bits per heavy atom. The molecule has 0 saturated carbocycles. The number of carbonyl (C=O) groups excluding carboxylic acids is 2. The average molecular weight is 625 g/mol. The summed E-state index contributed by atoms with van der Waals surface area (Å²) in [5.41, 5.74) is 1.84. The molecule has 4 aromatic rings. The van der Waals surface area contributed by atoms with E-state index in [1.807, 2.05) is 30.3 Å². The molecule has 0 aromatic heterocycles. The minimum Gasteiger partial charge on any atom is -0.477 e. The lowest BCUT2D eigenvalue weighted by Crippen LogP contribution is -2.52. The highest BCUT2D eigenvalue weighted by Gasteiger charge is 2.36. The van der Waals surface area contributed by atoms with Crippen molar-refractivity contribution in [1.29, 1.82) is 0 Å². The molecule has 42 heavy (non-hydrogen) atoms. The fraction of sp³-hybridized carbons (Fsp3) is 0.161. The zero-order valence-electron chi connectivity index (χ0n) is 22.3. The number of anilines is 1. The number of nitrogens with one attached hydrogen (secondary N) is 1. The van der Waals surface area contributed by atoms with Gasteiger partial charge in [-0.1, -0.05) is 89.9 Å². The van der Waals surface area contributed by atoms with Crippen LogP contribution in [0.3, 0.4) is 0 Å². The standard InChI is InChI=1S/C31H27Cl2N3O5S/c32-24-16-15-23(26(33)17-24)19-35(42(39,40)25-11-5-2-6-12-25)21-30(37)36-20-29(41-28-14-8-7-13-27(28)36)31(38)34-18-22-9-3-1-4-10-22/h1-17,29H,18-21H2,(H,34,38)/t29-/m1/s1. The number of hydrogen-bond donors (Lipinski definition) is 1. The maximum absolute atomic E-state index is 13.9. The molecule has 0 radical (unpaired) electrons. The van der Waals surface area contributed by atoms with Gasteiger partial charge in [0.2, 0.25) is 15.9 Å². The van der Waals surface area contributed by atoms with E-state index in [-0.39, 0.29) is 23.0 Å². The number of rotatable bonds is 9. The molecule has 1 heterocycles. The summed E-state index contributed by atoms with van der Waals surface area (Å²) in [7, 11) is -4.12. The zero-order chi connectivity index (χ0) is 29.7. The first kappa shape index (κ1) is 29.6. The van der Waals surface area contributed by atoms with Crippen LogP contribution in [-0.2, 0) is 32.7 Å². The van der Waals surface area contributed by atoms with Crippen LogP contribution in [0.5, 0.6) is 5.75 Å². The van der Waals surface area contributed by atoms with Crippen LogP contribution in [0, 0.1) is 0 Å². The predicted octanol–water partition coefficient (Wildman–Crippen LogP) is 5.29. The summed E-state index contributed by atoms with van der Waals surface area (Å²) in [5, 5.41) is 3.53. The van der Waals surface area contributed by atoms with Crippen LogP contribution in [0.15, 0.2) is 108 Å². The summed E-state index contributed by atoms with van der Waals surface area (Å²) < 4.78 is 34.6. The molecule has 1 N–H and O–H groups in total. The van der Waals surface area contributed by atoms with Crippen LogP contribution < -0.4 is 15.0 Å². The van der Waals surface area contributed by atoms with Crippen LogP contribution in [0.4, 0.5) is 5.69 Å². The number of ether oxygens (including phenoxy) is 1. The SMILES string of the molecule is O=C(NCc1ccccc1)[C@H]1CN(C(=O)CN(Cc2ccc(Cl)cc2Cl)S(=O)(=O)c2ccccc2)c2ccccc2O1. The van der Waals surface area contributed by atoms with Crippen molar-refractivity contribution in [3.8, 4) is 5.75 Å². The Labute approximate surface area is 254 Å². The number of sulfonamides is 1. The molecule has 0 saturated heterocycles. The van der Waals surface area contributed by atoms with Crippen LogP contribution in [0.25, 0.3) is 0 Å². The van der Waals surface area contributed by atoms with E-state index in [1.54, 1.807) is 54.6 Å². The van der Waals surface area contributed by atoms with Gasteiger partial charge >= 0.3 is 0 Å². The lowest BCUT2D eigenvalue weighted by Gasteiger charge is -2.35. The first-order chi connectivity index (χ1) is 20.2. The Balaban J connectivity index is 1.41. The summed E-state index contributed by atoms with van der Waals surface area (Å²) in [6.07, 6.45) is -1.00. The fourth-order valence-corrected chi connectivity index (χ4v) is 6.41. The van der Waals surface area contributed by atoms with Crippen molar-refractivity contribution in [2.24, 2.45) is 0 Å². The van der Waals surface area contributed by atoms with Gasteiger partial charge in [-0.2, -0.15) is 4.31 Å². The quantitative estimate of drug-likeness (QED) is 0.273. The average Bonchev–Trinajstić information content (AvgIpc) is 3.01. The molecule has 8 nitrogen and oxygen atoms in total. The summed E-state index contributed by atoms with van der Waals surface area (Å²) in [5.74, 6) is -0.584. The van der Waals surface area contributed by atoms with Gasteiger partial charge in [0.05, 0.1) is 23.7 Å². The largest absolute Gasteiger partial charge is 0.477 e. The van der Waals surface area contributed by atoms with Crippen molar-refractivity contribution in [2.45, 2.75) is 24.1 Å². The van der Waals surface area contributed by atoms with Crippen molar-refractivity contribution in [2.75, 3.05) is 18.0 Å². The lowest BCUT2D eigenvalue weighted by atomic mass is 10.1. The third kappa shape index (κ3) is 6.77. The van der Waals surface area contributed by atoms with Gasteiger partial charge in [0.25, 0.3) is 5.91 Å². The van der Waals surface area contributed by atoms with Crippen molar-refractivity contribution >= 4 is 50.7 Å². The number of carbonyl (C=O) groups is 2. The summed E-state index contributed by atoms with van der Waals surface area (Å²) >= 11 is 12.4. The number of halogens is 2. The summed E-state index contributed by atoms with van der Waals surface area (Å²) in [6.45, 7) is -0.494. The molecule has 216 valence electrons. The normalized spacial score (nSPS) is 14.6. The van der Waals surface area contributed by atoms with E-state index in [4.69, 9.17) is 27.9 Å². The Kier molecular flexibility index (Phi) is 9.13. The van der Waals surface area contributed by atoms with E-state index in [2.05, 4.69) is 5.32 Å². The molecule has 0 bridgehead atoms. The molecule has 11 heteroatoms. The van der Waals surface area contributed by atoms with E-state index in [9.17, 15) is 18.0 Å². The smallest absolute Gasteiger partial charge is 0.263 e. The molecule has 0 aliphatic carbocycles. The number of nitrogens with zero attached hydrogens (tertiary/aromatic N) is 2. The first-order valence-electron chi connectivity index (χ1n) is 13.1. The number of hydrogen-bond acceptors (Lipinski definition) is 5. The van der Waals surface area contributed by atoms with Gasteiger partial charge in [0, 0.05) is 23.1 Å². The molecular weight excluding hydrogens is 597 g/mol. The van der Waals surface area contributed by atoms with Crippen molar-refractivity contribution in [3.05, 3.63) is 124 Å². The first-order valence-corrected chi connectivity index (χ1v) is 15.3. The number of benzene rings is 4. The molecule has 1 aliphatic rings. The minimum atomic E-state index is -4.12. The fourth-order valence-electron chi connectivity index (χ4n) is 4.55. The summed E-state index contributed by atoms with van der Waals surface area (Å²) in [4.78, 5) is 28.4. The van der Waals surface area contributed by atoms with Crippen molar-refractivity contribution in [3.63, 3.8) is 0 Å². The van der Waals surface area contributed by atoms with E-state index in [1.165, 1.54) is 23.1 Å². The van der Waals surface area contributed by atoms with Gasteiger partial charge in [-0.15, -0.1) is 0 Å². The molecule has 1 aliphatic heterocycles. The highest BCUT2D eigenvalue weighted by atomic mass is 35.5. The molecule has 4 aromatic carbocycles. The Bertz CT molecular complexity index is 1690. The Morgan fingerprint density at radius 1 is 0.905 bits per heavy atom. The van der Waals surface area contributed by atoms with Gasteiger partial charge in [-0.05, 0) is 47.5 Å². The molecule has 0 fully saturated rings. The topological polar surface area (TPSA) is 96.0 Å². The van der Waals surface area contributed by atoms with E-state index >= 15 is 0 Å². The van der Waals surface area contributed by atoms with Gasteiger partial charge in [0.1, 0.15) is 5.75 Å². The Morgan fingerprint density at radius 2 is 1.57 bits per heavy atom. The molecular formula is C31H27Cl2N3O5S. The molecule has 2 amide bonds. The van der Waals surface area contributed by atoms with Gasteiger partial charge in [-0.3, -0.25) is 9.59 Å². The van der Waals surface area contributed by atoms with Crippen LogP contribution in [0.2, 0.25) is 10.0 Å². The molecule has 1 atom stereocenters. The summed E-state index contributed by atoms with van der Waals surface area (Å²) in [6, 6.07) is 28.9. The highest BCUT2D eigenvalue weighted by molar-refractivity contribution is 7.89. The number of fused-ring (bicyclic) bond motifs is 1. The number of para-hydroxylation sites is 2. The zero-order valence-corrected chi connectivity index (χ0v) is 24.6. The van der Waals surface area contributed by atoms with E-state index in [0.717, 1.165) is 9.87 Å².